The molecule has 0 aliphatic carbocycles. The number of thiol groups is 1. The Morgan fingerprint density at radius 3 is 2.42 bits per heavy atom. The third-order valence-electron chi connectivity index (χ3n) is 0.989. The van der Waals surface area contributed by atoms with Crippen LogP contribution < -0.4 is 0 Å². The Hall–Kier alpha value is -0.420. The molecule has 0 rings (SSSR count). The van der Waals surface area contributed by atoms with Crippen molar-refractivity contribution in [1.82, 2.24) is 0 Å². The van der Waals surface area contributed by atoms with Crippen LogP contribution in [0, 0.1) is 0 Å². The lowest BCUT2D eigenvalue weighted by Gasteiger charge is -2.10. The van der Waals surface area contributed by atoms with E-state index in [2.05, 4.69) is 24.8 Å². The largest absolute Gasteiger partial charge is 0.466 e. The predicted octanol–water partition coefficient (Wildman–Crippen LogP) is 2.09. The first-order chi connectivity index (χ1) is 5.61. The highest BCUT2D eigenvalue weighted by Crippen LogP contribution is 2.09. The highest BCUT2D eigenvalue weighted by atomic mass is 32.1. The van der Waals surface area contributed by atoms with Gasteiger partial charge in [0.25, 0.3) is 0 Å². The van der Waals surface area contributed by atoms with Crippen molar-refractivity contribution in [2.75, 3.05) is 13.7 Å². The maximum atomic E-state index is 5.09. The van der Waals surface area contributed by atoms with Crippen molar-refractivity contribution in [3.8, 4) is 0 Å². The zero-order valence-corrected chi connectivity index (χ0v) is 9.00. The molecule has 0 spiro atoms. The standard InChI is InChI=1S/C7H12O3S2/c1-4-9-6(8-3)5(2)10-7(11)12/h4H2,1-3H3,(H,11,12). The van der Waals surface area contributed by atoms with Gasteiger partial charge in [-0.3, -0.25) is 0 Å². The number of methoxy groups -OCH3 is 1. The lowest BCUT2D eigenvalue weighted by molar-refractivity contribution is 0.0534. The van der Waals surface area contributed by atoms with Crippen molar-refractivity contribution in [2.24, 2.45) is 0 Å². The minimum atomic E-state index is 0.141. The van der Waals surface area contributed by atoms with E-state index >= 15 is 0 Å². The molecule has 0 radical (unpaired) electrons. The lowest BCUT2D eigenvalue weighted by Crippen LogP contribution is -2.02. The second-order valence-electron chi connectivity index (χ2n) is 1.85. The predicted molar refractivity (Wildman–Crippen MR) is 54.0 cm³/mol. The molecule has 0 saturated heterocycles. The molecule has 0 atom stereocenters. The van der Waals surface area contributed by atoms with Crippen LogP contribution in [0.15, 0.2) is 11.7 Å². The van der Waals surface area contributed by atoms with Crippen LogP contribution in [0.2, 0.25) is 0 Å². The Labute approximate surface area is 83.1 Å². The molecule has 0 aromatic heterocycles. The molecule has 0 aromatic carbocycles. The molecule has 0 N–H and O–H groups in total. The highest BCUT2D eigenvalue weighted by molar-refractivity contribution is 8.10. The smallest absolute Gasteiger partial charge is 0.319 e. The maximum Gasteiger partial charge on any atom is 0.319 e. The van der Waals surface area contributed by atoms with Gasteiger partial charge >= 0.3 is 5.95 Å². The number of ether oxygens (including phenoxy) is 3. The van der Waals surface area contributed by atoms with Gasteiger partial charge in [-0.15, -0.1) is 0 Å². The summed E-state index contributed by atoms with van der Waals surface area (Å²) in [7, 11) is 1.50. The van der Waals surface area contributed by atoms with Crippen LogP contribution in [0.4, 0.5) is 0 Å². The van der Waals surface area contributed by atoms with Gasteiger partial charge in [0, 0.05) is 6.92 Å². The number of thiocarbonyl (C=S) groups is 1. The average molecular weight is 208 g/mol. The molecular weight excluding hydrogens is 196 g/mol. The zero-order chi connectivity index (χ0) is 9.56. The van der Waals surface area contributed by atoms with Crippen LogP contribution in [0.3, 0.4) is 0 Å². The zero-order valence-electron chi connectivity index (χ0n) is 7.29. The first kappa shape index (κ1) is 11.6. The maximum absolute atomic E-state index is 5.09. The molecule has 0 saturated carbocycles. The van der Waals surface area contributed by atoms with Gasteiger partial charge in [0.05, 0.1) is 13.7 Å². The van der Waals surface area contributed by atoms with Crippen molar-refractivity contribution in [3.63, 3.8) is 0 Å². The van der Waals surface area contributed by atoms with E-state index in [1.54, 1.807) is 6.92 Å². The van der Waals surface area contributed by atoms with Crippen LogP contribution in [0.25, 0.3) is 0 Å². The van der Waals surface area contributed by atoms with Gasteiger partial charge in [-0.25, -0.2) is 0 Å². The number of hydrogen-bond acceptors (Lipinski definition) is 4. The van der Waals surface area contributed by atoms with Crippen molar-refractivity contribution in [1.29, 1.82) is 0 Å². The van der Waals surface area contributed by atoms with E-state index in [1.807, 2.05) is 6.92 Å². The summed E-state index contributed by atoms with van der Waals surface area (Å²) < 4.78 is 15.1. The lowest BCUT2D eigenvalue weighted by atomic mass is 10.6. The third-order valence-corrected chi connectivity index (χ3v) is 1.16. The van der Waals surface area contributed by atoms with Gasteiger partial charge < -0.3 is 14.2 Å². The van der Waals surface area contributed by atoms with Crippen LogP contribution in [-0.2, 0) is 14.2 Å². The van der Waals surface area contributed by atoms with Crippen LogP contribution in [0.1, 0.15) is 13.8 Å². The molecule has 0 aliphatic heterocycles. The molecule has 0 heterocycles. The SMILES string of the molecule is CCOC(OC)=C(C)OC(=S)S. The normalized spacial score (nSPS) is 11.7. The van der Waals surface area contributed by atoms with Crippen LogP contribution >= 0.6 is 24.8 Å². The number of hydrogen-bond donors (Lipinski definition) is 1. The topological polar surface area (TPSA) is 27.7 Å². The summed E-state index contributed by atoms with van der Waals surface area (Å²) in [5.74, 6) is 0.799. The van der Waals surface area contributed by atoms with E-state index in [1.165, 1.54) is 7.11 Å². The summed E-state index contributed by atoms with van der Waals surface area (Å²) in [5, 5.41) is 0. The molecule has 0 fully saturated rings. The molecule has 3 nitrogen and oxygen atoms in total. The molecular formula is C7H12O3S2. The minimum Gasteiger partial charge on any atom is -0.466 e. The average Bonchev–Trinajstić information content (AvgIpc) is 1.98. The summed E-state index contributed by atoms with van der Waals surface area (Å²) >= 11 is 8.42. The Balaban J connectivity index is 4.26. The minimum absolute atomic E-state index is 0.141. The third kappa shape index (κ3) is 4.46. The van der Waals surface area contributed by atoms with Crippen LogP contribution in [-0.4, -0.2) is 18.1 Å². The summed E-state index contributed by atoms with van der Waals surface area (Å²) in [6.45, 7) is 4.06. The van der Waals surface area contributed by atoms with Crippen molar-refractivity contribution in [2.45, 2.75) is 13.8 Å². The van der Waals surface area contributed by atoms with E-state index < -0.39 is 0 Å². The van der Waals surface area contributed by atoms with E-state index in [0.717, 1.165) is 0 Å². The van der Waals surface area contributed by atoms with Gasteiger partial charge in [-0.05, 0) is 19.1 Å². The molecule has 0 aromatic rings. The summed E-state index contributed by atoms with van der Waals surface area (Å²) in [6.07, 6.45) is 0. The summed E-state index contributed by atoms with van der Waals surface area (Å²) in [4.78, 5) is 0. The van der Waals surface area contributed by atoms with E-state index in [4.69, 9.17) is 14.2 Å². The molecule has 70 valence electrons. The van der Waals surface area contributed by atoms with Gasteiger partial charge in [0.1, 0.15) is 0 Å². The van der Waals surface area contributed by atoms with Crippen molar-refractivity contribution >= 4 is 29.2 Å². The summed E-state index contributed by atoms with van der Waals surface area (Å²) in [6, 6.07) is 0. The fourth-order valence-electron chi connectivity index (χ4n) is 0.608. The fraction of sp³-hybridized carbons (Fsp3) is 0.571. The number of allylic oxidation sites excluding steroid dienone is 1. The molecule has 0 bridgehead atoms. The molecule has 0 amide bonds. The second-order valence-corrected chi connectivity index (χ2v) is 2.93. The fourth-order valence-corrected chi connectivity index (χ4v) is 0.870. The molecule has 5 heteroatoms. The molecule has 12 heavy (non-hydrogen) atoms. The monoisotopic (exact) mass is 208 g/mol. The van der Waals surface area contributed by atoms with E-state index in [-0.39, 0.29) is 4.38 Å². The van der Waals surface area contributed by atoms with Crippen molar-refractivity contribution < 1.29 is 14.2 Å². The van der Waals surface area contributed by atoms with Crippen molar-refractivity contribution in [3.05, 3.63) is 11.7 Å². The first-order valence-corrected chi connectivity index (χ1v) is 4.25. The van der Waals surface area contributed by atoms with Crippen LogP contribution in [0.5, 0.6) is 0 Å². The van der Waals surface area contributed by atoms with E-state index in [0.29, 0.717) is 18.3 Å². The summed E-state index contributed by atoms with van der Waals surface area (Å²) in [5.41, 5.74) is 0. The second kappa shape index (κ2) is 6.14. The van der Waals surface area contributed by atoms with E-state index in [9.17, 15) is 0 Å². The van der Waals surface area contributed by atoms with Gasteiger partial charge in [-0.2, -0.15) is 0 Å². The molecule has 0 aliphatic rings. The Kier molecular flexibility index (Phi) is 5.92. The highest BCUT2D eigenvalue weighted by Gasteiger charge is 2.05. The van der Waals surface area contributed by atoms with Gasteiger partial charge in [0.2, 0.25) is 4.38 Å². The van der Waals surface area contributed by atoms with Gasteiger partial charge in [0.15, 0.2) is 5.76 Å². The number of rotatable bonds is 4. The Morgan fingerprint density at radius 2 is 2.08 bits per heavy atom. The first-order valence-electron chi connectivity index (χ1n) is 3.40. The Bertz CT molecular complexity index is 189. The molecule has 0 unspecified atom stereocenters. The van der Waals surface area contributed by atoms with Gasteiger partial charge in [-0.1, -0.05) is 12.6 Å². The quantitative estimate of drug-likeness (QED) is 0.435. The Morgan fingerprint density at radius 1 is 1.50 bits per heavy atom.